The van der Waals surface area contributed by atoms with E-state index in [4.69, 9.17) is 9.95 Å². The number of hydrogen-bond acceptors (Lipinski definition) is 6. The largest absolute Gasteiger partial charge is 0.459 e. The summed E-state index contributed by atoms with van der Waals surface area (Å²) in [5.41, 5.74) is 5.76. The number of rotatable bonds is 11. The van der Waals surface area contributed by atoms with Crippen molar-refractivity contribution in [2.24, 2.45) is 5.92 Å². The highest BCUT2D eigenvalue weighted by Gasteiger charge is 2.42. The lowest BCUT2D eigenvalue weighted by molar-refractivity contribution is -0.158. The maximum atomic E-state index is 12.9. The summed E-state index contributed by atoms with van der Waals surface area (Å²) in [6, 6.07) is 47.5. The molecule has 0 amide bonds. The summed E-state index contributed by atoms with van der Waals surface area (Å²) in [5, 5.41) is 17.1. The fraction of sp³-hybridized carbons (Fsp3) is 0.238. The quantitative estimate of drug-likeness (QED) is 0.112. The molecule has 0 aliphatic carbocycles. The fourth-order valence-electron chi connectivity index (χ4n) is 6.40. The summed E-state index contributed by atoms with van der Waals surface area (Å²) < 4.78 is 7.64. The van der Waals surface area contributed by atoms with Crippen molar-refractivity contribution in [1.82, 2.24) is 25.5 Å². The summed E-state index contributed by atoms with van der Waals surface area (Å²) in [6.45, 7) is 10.3. The van der Waals surface area contributed by atoms with Gasteiger partial charge < -0.3 is 10.1 Å². The van der Waals surface area contributed by atoms with Crippen molar-refractivity contribution in [2.75, 3.05) is 0 Å². The molecule has 0 spiro atoms. The highest BCUT2D eigenvalue weighted by atomic mass is 16.6. The van der Waals surface area contributed by atoms with E-state index < -0.39 is 17.2 Å². The summed E-state index contributed by atoms with van der Waals surface area (Å²) in [6.07, 6.45) is 0. The average Bonchev–Trinajstić information content (AvgIpc) is 3.60. The molecule has 0 radical (unpaired) electrons. The van der Waals surface area contributed by atoms with Crippen LogP contribution in [0.3, 0.4) is 0 Å². The lowest BCUT2D eigenvalue weighted by Gasteiger charge is -2.36. The minimum absolute atomic E-state index is 0.0849. The molecule has 0 saturated heterocycles. The first-order valence-electron chi connectivity index (χ1n) is 16.8. The van der Waals surface area contributed by atoms with Gasteiger partial charge in [0, 0.05) is 12.1 Å². The number of benzene rings is 5. The number of nitrogens with one attached hydrogen (secondary N) is 1. The van der Waals surface area contributed by atoms with E-state index >= 15 is 0 Å². The highest BCUT2D eigenvalue weighted by molar-refractivity contribution is 5.81. The lowest BCUT2D eigenvalue weighted by Crippen LogP contribution is -2.44. The molecule has 7 nitrogen and oxygen atoms in total. The van der Waals surface area contributed by atoms with Gasteiger partial charge in [0.25, 0.3) is 0 Å². The molecule has 0 fully saturated rings. The number of carbonyl (C=O) groups is 1. The van der Waals surface area contributed by atoms with Gasteiger partial charge in [-0.1, -0.05) is 153 Å². The van der Waals surface area contributed by atoms with E-state index in [-0.39, 0.29) is 11.9 Å². The standard InChI is InChI=1S/C42H43N5O2/c1-30(2)38(40(48)49-41(3,4)5)43-29-31-25-27-32(28-26-31)36-23-15-16-24-37(36)39-44-45-46-47(39)42(33-17-9-6-10-18-33,34-19-11-7-12-20-34)35-21-13-8-14-22-35/h6-28,30,38,43H,29H2,1-5H3/t38-/m0/s1. The van der Waals surface area contributed by atoms with E-state index in [1.807, 2.05) is 69.6 Å². The number of ether oxygens (including phenoxy) is 1. The second kappa shape index (κ2) is 14.4. The molecule has 6 rings (SSSR count). The Labute approximate surface area is 289 Å². The third-order valence-corrected chi connectivity index (χ3v) is 8.65. The molecule has 1 atom stereocenters. The summed E-state index contributed by atoms with van der Waals surface area (Å²) in [4.78, 5) is 12.9. The summed E-state index contributed by atoms with van der Waals surface area (Å²) in [5.74, 6) is 0.500. The predicted octanol–water partition coefficient (Wildman–Crippen LogP) is 8.30. The van der Waals surface area contributed by atoms with Gasteiger partial charge in [-0.3, -0.25) is 4.79 Å². The Balaban J connectivity index is 1.40. The second-order valence-electron chi connectivity index (χ2n) is 13.6. The molecule has 1 N–H and O–H groups in total. The number of carbonyl (C=O) groups excluding carboxylic acids is 1. The molecule has 7 heteroatoms. The Morgan fingerprint density at radius 3 is 1.67 bits per heavy atom. The van der Waals surface area contributed by atoms with Crippen LogP contribution in [0.1, 0.15) is 56.9 Å². The van der Waals surface area contributed by atoms with Gasteiger partial charge in [-0.05, 0) is 70.5 Å². The molecule has 1 heterocycles. The van der Waals surface area contributed by atoms with E-state index in [1.165, 1.54) is 0 Å². The molecule has 0 aliphatic rings. The molecule has 6 aromatic rings. The van der Waals surface area contributed by atoms with Crippen molar-refractivity contribution < 1.29 is 9.53 Å². The van der Waals surface area contributed by atoms with Crippen molar-refractivity contribution in [2.45, 2.75) is 58.3 Å². The van der Waals surface area contributed by atoms with Crippen molar-refractivity contribution in [3.05, 3.63) is 162 Å². The van der Waals surface area contributed by atoms with E-state index in [9.17, 15) is 4.79 Å². The Hall–Kier alpha value is -5.40. The Kier molecular flexibility index (Phi) is 9.83. The van der Waals surface area contributed by atoms with Crippen molar-refractivity contribution >= 4 is 5.97 Å². The van der Waals surface area contributed by atoms with Crippen LogP contribution >= 0.6 is 0 Å². The van der Waals surface area contributed by atoms with Crippen LogP contribution in [0.25, 0.3) is 22.5 Å². The topological polar surface area (TPSA) is 81.9 Å². The number of tetrazole rings is 1. The number of hydrogen-bond donors (Lipinski definition) is 1. The fourth-order valence-corrected chi connectivity index (χ4v) is 6.40. The van der Waals surface area contributed by atoms with E-state index in [0.717, 1.165) is 38.9 Å². The molecule has 5 aromatic carbocycles. The van der Waals surface area contributed by atoms with Crippen molar-refractivity contribution in [1.29, 1.82) is 0 Å². The van der Waals surface area contributed by atoms with Gasteiger partial charge in [0.05, 0.1) is 0 Å². The van der Waals surface area contributed by atoms with Crippen molar-refractivity contribution in [3.8, 4) is 22.5 Å². The Morgan fingerprint density at radius 1 is 0.694 bits per heavy atom. The van der Waals surface area contributed by atoms with Crippen LogP contribution in [-0.2, 0) is 21.6 Å². The monoisotopic (exact) mass is 649 g/mol. The highest BCUT2D eigenvalue weighted by Crippen LogP contribution is 2.43. The predicted molar refractivity (Wildman–Crippen MR) is 195 cm³/mol. The molecule has 0 aliphatic heterocycles. The van der Waals surface area contributed by atoms with Crippen LogP contribution in [0.4, 0.5) is 0 Å². The van der Waals surface area contributed by atoms with E-state index in [2.05, 4.69) is 125 Å². The maximum absolute atomic E-state index is 12.9. The molecule has 0 saturated carbocycles. The minimum atomic E-state index is -0.855. The molecular weight excluding hydrogens is 606 g/mol. The smallest absolute Gasteiger partial charge is 0.323 e. The molecule has 0 unspecified atom stereocenters. The van der Waals surface area contributed by atoms with Crippen LogP contribution in [0, 0.1) is 5.92 Å². The van der Waals surface area contributed by atoms with Crippen LogP contribution in [-0.4, -0.2) is 37.8 Å². The van der Waals surface area contributed by atoms with Crippen LogP contribution in [0.5, 0.6) is 0 Å². The van der Waals surface area contributed by atoms with Gasteiger partial charge in [-0.15, -0.1) is 5.10 Å². The number of aromatic nitrogens is 4. The molecule has 0 bridgehead atoms. The van der Waals surface area contributed by atoms with Crippen LogP contribution in [0.15, 0.2) is 140 Å². The number of esters is 1. The summed E-state index contributed by atoms with van der Waals surface area (Å²) >= 11 is 0. The maximum Gasteiger partial charge on any atom is 0.323 e. The summed E-state index contributed by atoms with van der Waals surface area (Å²) in [7, 11) is 0. The van der Waals surface area contributed by atoms with Gasteiger partial charge >= 0.3 is 5.97 Å². The normalized spacial score (nSPS) is 12.5. The Bertz CT molecular complexity index is 1870. The first-order valence-corrected chi connectivity index (χ1v) is 16.8. The van der Waals surface area contributed by atoms with Gasteiger partial charge in [-0.25, -0.2) is 4.68 Å². The van der Waals surface area contributed by atoms with E-state index in [1.54, 1.807) is 0 Å². The third kappa shape index (κ3) is 7.08. The van der Waals surface area contributed by atoms with E-state index in [0.29, 0.717) is 12.4 Å². The Morgan fingerprint density at radius 2 is 1.18 bits per heavy atom. The second-order valence-corrected chi connectivity index (χ2v) is 13.6. The molecule has 1 aromatic heterocycles. The van der Waals surface area contributed by atoms with Gasteiger partial charge in [0.15, 0.2) is 5.82 Å². The zero-order valence-corrected chi connectivity index (χ0v) is 28.7. The average molecular weight is 650 g/mol. The molecular formula is C42H43N5O2. The van der Waals surface area contributed by atoms with Gasteiger partial charge in [0.2, 0.25) is 0 Å². The lowest BCUT2D eigenvalue weighted by atomic mass is 9.77. The van der Waals surface area contributed by atoms with Crippen LogP contribution < -0.4 is 5.32 Å². The number of nitrogens with zero attached hydrogens (tertiary/aromatic N) is 4. The SMILES string of the molecule is CC(C)[C@H](NCc1ccc(-c2ccccc2-c2nnnn2C(c2ccccc2)(c2ccccc2)c2ccccc2)cc1)C(=O)OC(C)(C)C. The van der Waals surface area contributed by atoms with Crippen molar-refractivity contribution in [3.63, 3.8) is 0 Å². The van der Waals surface area contributed by atoms with Gasteiger partial charge in [-0.2, -0.15) is 0 Å². The van der Waals surface area contributed by atoms with Crippen LogP contribution in [0.2, 0.25) is 0 Å². The minimum Gasteiger partial charge on any atom is -0.459 e. The third-order valence-electron chi connectivity index (χ3n) is 8.65. The first kappa shape index (κ1) is 33.5. The zero-order valence-electron chi connectivity index (χ0n) is 28.7. The first-order chi connectivity index (χ1) is 23.7. The zero-order chi connectivity index (χ0) is 34.4. The molecule has 248 valence electrons. The van der Waals surface area contributed by atoms with Gasteiger partial charge in [0.1, 0.15) is 17.2 Å². The molecule has 49 heavy (non-hydrogen) atoms.